The van der Waals surface area contributed by atoms with E-state index >= 15 is 0 Å². The number of nitrogens with one attached hydrogen (secondary N) is 1. The number of anilines is 1. The lowest BCUT2D eigenvalue weighted by molar-refractivity contribution is -0.131. The third kappa shape index (κ3) is 3.83. The van der Waals surface area contributed by atoms with Crippen LogP contribution in [0.15, 0.2) is 36.4 Å². The SMILES string of the molecule is O=C([C@@H]1C[C@H](N2CCN(c3ccc(Cl)c4ccccc34)CC2)CN1)N1CCSC1. The highest BCUT2D eigenvalue weighted by atomic mass is 35.5. The molecule has 3 aliphatic rings. The summed E-state index contributed by atoms with van der Waals surface area (Å²) in [4.78, 5) is 19.7. The number of nitrogens with zero attached hydrogens (tertiary/aromatic N) is 3. The van der Waals surface area contributed by atoms with Crippen LogP contribution in [0.2, 0.25) is 5.02 Å². The van der Waals surface area contributed by atoms with Crippen molar-refractivity contribution in [2.45, 2.75) is 18.5 Å². The van der Waals surface area contributed by atoms with E-state index in [2.05, 4.69) is 39.4 Å². The van der Waals surface area contributed by atoms with Crippen molar-refractivity contribution < 1.29 is 4.79 Å². The molecular formula is C22H27ClN4OS. The molecule has 1 N–H and O–H groups in total. The van der Waals surface area contributed by atoms with Gasteiger partial charge in [-0.25, -0.2) is 0 Å². The Morgan fingerprint density at radius 2 is 1.83 bits per heavy atom. The number of hydrogen-bond acceptors (Lipinski definition) is 5. The molecule has 0 unspecified atom stereocenters. The number of thioether (sulfide) groups is 1. The van der Waals surface area contributed by atoms with Crippen molar-refractivity contribution in [3.05, 3.63) is 41.4 Å². The van der Waals surface area contributed by atoms with Gasteiger partial charge in [0.1, 0.15) is 0 Å². The van der Waals surface area contributed by atoms with Crippen LogP contribution in [0.3, 0.4) is 0 Å². The Bertz CT molecular complexity index is 896. The zero-order valence-electron chi connectivity index (χ0n) is 16.5. The number of hydrogen-bond donors (Lipinski definition) is 1. The third-order valence-corrected chi connectivity index (χ3v) is 7.78. The number of rotatable bonds is 3. The van der Waals surface area contributed by atoms with E-state index in [-0.39, 0.29) is 6.04 Å². The molecule has 0 bridgehead atoms. The molecule has 29 heavy (non-hydrogen) atoms. The van der Waals surface area contributed by atoms with Crippen LogP contribution in [0.4, 0.5) is 5.69 Å². The molecule has 1 amide bonds. The average molecular weight is 431 g/mol. The van der Waals surface area contributed by atoms with Crippen LogP contribution in [0.5, 0.6) is 0 Å². The molecule has 7 heteroatoms. The van der Waals surface area contributed by atoms with E-state index < -0.39 is 0 Å². The molecule has 3 fully saturated rings. The highest BCUT2D eigenvalue weighted by Crippen LogP contribution is 2.33. The fourth-order valence-corrected chi connectivity index (χ4v) is 6.02. The summed E-state index contributed by atoms with van der Waals surface area (Å²) in [7, 11) is 0. The predicted molar refractivity (Wildman–Crippen MR) is 122 cm³/mol. The number of halogens is 1. The van der Waals surface area contributed by atoms with E-state index in [1.165, 1.54) is 11.1 Å². The maximum Gasteiger partial charge on any atom is 0.240 e. The molecule has 0 spiro atoms. The quantitative estimate of drug-likeness (QED) is 0.810. The van der Waals surface area contributed by atoms with Gasteiger partial charge in [-0.15, -0.1) is 11.8 Å². The van der Waals surface area contributed by atoms with Crippen molar-refractivity contribution in [1.82, 2.24) is 15.1 Å². The average Bonchev–Trinajstić information content (AvgIpc) is 3.47. The van der Waals surface area contributed by atoms with Gasteiger partial charge in [0, 0.05) is 72.5 Å². The van der Waals surface area contributed by atoms with Crippen LogP contribution in [0, 0.1) is 0 Å². The van der Waals surface area contributed by atoms with Gasteiger partial charge in [-0.1, -0.05) is 35.9 Å². The van der Waals surface area contributed by atoms with Crippen LogP contribution in [-0.4, -0.2) is 78.7 Å². The van der Waals surface area contributed by atoms with Gasteiger partial charge in [0.25, 0.3) is 0 Å². The lowest BCUT2D eigenvalue weighted by Gasteiger charge is -2.39. The fraction of sp³-hybridized carbons (Fsp3) is 0.500. The first-order valence-electron chi connectivity index (χ1n) is 10.5. The molecule has 2 aromatic rings. The van der Waals surface area contributed by atoms with Crippen molar-refractivity contribution in [2.75, 3.05) is 55.8 Å². The number of carbonyl (C=O) groups excluding carboxylic acids is 1. The topological polar surface area (TPSA) is 38.8 Å². The second kappa shape index (κ2) is 8.34. The number of carbonyl (C=O) groups is 1. The Balaban J connectivity index is 1.21. The van der Waals surface area contributed by atoms with E-state index in [1.54, 1.807) is 0 Å². The van der Waals surface area contributed by atoms with Crippen molar-refractivity contribution in [1.29, 1.82) is 0 Å². The summed E-state index contributed by atoms with van der Waals surface area (Å²) in [5.41, 5.74) is 1.27. The number of piperazine rings is 1. The highest BCUT2D eigenvalue weighted by molar-refractivity contribution is 7.99. The molecule has 5 nitrogen and oxygen atoms in total. The molecular weight excluding hydrogens is 404 g/mol. The molecule has 2 aromatic carbocycles. The minimum atomic E-state index is -0.00283. The maximum absolute atomic E-state index is 12.7. The molecule has 3 heterocycles. The molecule has 0 radical (unpaired) electrons. The summed E-state index contributed by atoms with van der Waals surface area (Å²) in [6.07, 6.45) is 0.934. The van der Waals surface area contributed by atoms with Gasteiger partial charge < -0.3 is 15.1 Å². The largest absolute Gasteiger partial charge is 0.368 e. The Morgan fingerprint density at radius 3 is 2.59 bits per heavy atom. The van der Waals surface area contributed by atoms with Crippen LogP contribution >= 0.6 is 23.4 Å². The first-order chi connectivity index (χ1) is 14.2. The second-order valence-electron chi connectivity index (χ2n) is 8.12. The van der Waals surface area contributed by atoms with Crippen molar-refractivity contribution in [2.24, 2.45) is 0 Å². The van der Waals surface area contributed by atoms with E-state index in [0.29, 0.717) is 11.9 Å². The lowest BCUT2D eigenvalue weighted by Crippen LogP contribution is -2.51. The summed E-state index contributed by atoms with van der Waals surface area (Å²) < 4.78 is 0. The summed E-state index contributed by atoms with van der Waals surface area (Å²) in [5.74, 6) is 2.22. The lowest BCUT2D eigenvalue weighted by atomic mass is 10.1. The molecule has 3 saturated heterocycles. The Labute approximate surface area is 181 Å². The van der Waals surface area contributed by atoms with Crippen LogP contribution in [0.1, 0.15) is 6.42 Å². The first kappa shape index (κ1) is 19.5. The number of amides is 1. The van der Waals surface area contributed by atoms with Crippen molar-refractivity contribution >= 4 is 45.7 Å². The number of fused-ring (bicyclic) bond motifs is 1. The molecule has 3 aliphatic heterocycles. The zero-order chi connectivity index (χ0) is 19.8. The minimum Gasteiger partial charge on any atom is -0.368 e. The summed E-state index contributed by atoms with van der Waals surface area (Å²) in [6.45, 7) is 5.89. The summed E-state index contributed by atoms with van der Waals surface area (Å²) in [5, 5.41) is 6.64. The van der Waals surface area contributed by atoms with Crippen LogP contribution in [0.25, 0.3) is 10.8 Å². The standard InChI is InChI=1S/C22H27ClN4OS/c23-19-5-6-21(18-4-2-1-3-17(18)19)26-9-7-25(8-10-26)16-13-20(24-14-16)22(28)27-11-12-29-15-27/h1-6,16,20,24H,7-15H2/t16-,20-/m0/s1. The monoisotopic (exact) mass is 430 g/mol. The fourth-order valence-electron chi connectivity index (χ4n) is 4.84. The molecule has 0 aliphatic carbocycles. The van der Waals surface area contributed by atoms with E-state index in [4.69, 9.17) is 11.6 Å². The van der Waals surface area contributed by atoms with Gasteiger partial charge in [0.15, 0.2) is 0 Å². The van der Waals surface area contributed by atoms with Gasteiger partial charge in [-0.05, 0) is 18.6 Å². The van der Waals surface area contributed by atoms with Crippen LogP contribution in [-0.2, 0) is 4.79 Å². The minimum absolute atomic E-state index is 0.00283. The van der Waals surface area contributed by atoms with Gasteiger partial charge in [-0.3, -0.25) is 9.69 Å². The molecule has 5 rings (SSSR count). The van der Waals surface area contributed by atoms with E-state index in [1.807, 2.05) is 28.8 Å². The first-order valence-corrected chi connectivity index (χ1v) is 12.0. The third-order valence-electron chi connectivity index (χ3n) is 6.49. The normalized spacial score (nSPS) is 25.8. The second-order valence-corrected chi connectivity index (χ2v) is 9.61. The van der Waals surface area contributed by atoms with Gasteiger partial charge in [-0.2, -0.15) is 0 Å². The Hall–Kier alpha value is -1.47. The summed E-state index contributed by atoms with van der Waals surface area (Å²) in [6, 6.07) is 13.0. The molecule has 2 atom stereocenters. The van der Waals surface area contributed by atoms with Crippen LogP contribution < -0.4 is 10.2 Å². The van der Waals surface area contributed by atoms with Crippen molar-refractivity contribution in [3.63, 3.8) is 0 Å². The smallest absolute Gasteiger partial charge is 0.240 e. The number of benzene rings is 2. The van der Waals surface area contributed by atoms with E-state index in [0.717, 1.165) is 67.7 Å². The van der Waals surface area contributed by atoms with Gasteiger partial charge in [0.05, 0.1) is 11.9 Å². The highest BCUT2D eigenvalue weighted by Gasteiger charge is 2.36. The predicted octanol–water partition coefficient (Wildman–Crippen LogP) is 2.88. The molecule has 0 saturated carbocycles. The Kier molecular flexibility index (Phi) is 5.61. The molecule has 154 valence electrons. The van der Waals surface area contributed by atoms with E-state index in [9.17, 15) is 4.79 Å². The molecule has 0 aromatic heterocycles. The summed E-state index contributed by atoms with van der Waals surface area (Å²) >= 11 is 8.25. The van der Waals surface area contributed by atoms with Crippen molar-refractivity contribution in [3.8, 4) is 0 Å². The van der Waals surface area contributed by atoms with Gasteiger partial charge >= 0.3 is 0 Å². The Morgan fingerprint density at radius 1 is 1.03 bits per heavy atom. The maximum atomic E-state index is 12.7. The van der Waals surface area contributed by atoms with Gasteiger partial charge in [0.2, 0.25) is 5.91 Å². The zero-order valence-corrected chi connectivity index (χ0v) is 18.1.